The van der Waals surface area contributed by atoms with Gasteiger partial charge in [-0.2, -0.15) is 5.10 Å². The maximum Gasteiger partial charge on any atom is 0.276 e. The minimum absolute atomic E-state index is 0.125. The van der Waals surface area contributed by atoms with Gasteiger partial charge in [-0.25, -0.2) is 13.1 Å². The Bertz CT molecular complexity index is 1320. The van der Waals surface area contributed by atoms with Crippen molar-refractivity contribution in [3.8, 4) is 5.69 Å². The third-order valence-electron chi connectivity index (χ3n) is 6.01. The van der Waals surface area contributed by atoms with Gasteiger partial charge in [0.05, 0.1) is 27.8 Å². The van der Waals surface area contributed by atoms with E-state index in [1.807, 2.05) is 35.9 Å². The summed E-state index contributed by atoms with van der Waals surface area (Å²) in [7, 11) is -3.33. The Kier molecular flexibility index (Phi) is 5.22. The Balaban J connectivity index is 1.47. The molecular weight excluding hydrogens is 448 g/mol. The van der Waals surface area contributed by atoms with Crippen molar-refractivity contribution in [2.75, 3.05) is 21.9 Å². The molecule has 2 aliphatic rings. The molecule has 0 atom stereocenters. The van der Waals surface area contributed by atoms with Gasteiger partial charge in [-0.15, -0.1) is 0 Å². The van der Waals surface area contributed by atoms with E-state index in [2.05, 4.69) is 10.4 Å². The zero-order valence-corrected chi connectivity index (χ0v) is 19.2. The van der Waals surface area contributed by atoms with E-state index in [1.165, 1.54) is 4.31 Å². The molecule has 1 fully saturated rings. The van der Waals surface area contributed by atoms with Gasteiger partial charge < -0.3 is 5.32 Å². The standard InChI is InChI=1S/C23H23ClN4O3S/c1-15-6-8-16(9-7-15)28-21-5-2-4-18(21)22(26-28)23(29)25-20-14-17(10-11-19(20)24)27-12-3-13-32(27,30)31/h6-11,14H,2-5,12-13H2,1H3,(H,25,29). The lowest BCUT2D eigenvalue weighted by Gasteiger charge is -2.18. The molecule has 1 aliphatic heterocycles. The summed E-state index contributed by atoms with van der Waals surface area (Å²) in [6, 6.07) is 12.9. The van der Waals surface area contributed by atoms with Crippen molar-refractivity contribution in [3.05, 3.63) is 70.0 Å². The fourth-order valence-corrected chi connectivity index (χ4v) is 6.12. The number of nitrogens with zero attached hydrogens (tertiary/aromatic N) is 3. The molecule has 7 nitrogen and oxygen atoms in total. The van der Waals surface area contributed by atoms with E-state index in [0.717, 1.165) is 41.8 Å². The van der Waals surface area contributed by atoms with Gasteiger partial charge >= 0.3 is 0 Å². The normalized spacial score (nSPS) is 16.9. The summed E-state index contributed by atoms with van der Waals surface area (Å²) in [4.78, 5) is 13.2. The van der Waals surface area contributed by atoms with Crippen LogP contribution in [0.15, 0.2) is 42.5 Å². The van der Waals surface area contributed by atoms with Crippen LogP contribution in [0.1, 0.15) is 40.2 Å². The predicted octanol–water partition coefficient (Wildman–Crippen LogP) is 4.12. The van der Waals surface area contributed by atoms with Gasteiger partial charge in [-0.1, -0.05) is 29.3 Å². The molecule has 3 aromatic rings. The Hall–Kier alpha value is -2.84. The van der Waals surface area contributed by atoms with Crippen LogP contribution in [0.2, 0.25) is 5.02 Å². The summed E-state index contributed by atoms with van der Waals surface area (Å²) in [5.74, 6) is -0.225. The molecule has 0 unspecified atom stereocenters. The number of carbonyl (C=O) groups excluding carboxylic acids is 1. The third kappa shape index (κ3) is 3.67. The second kappa shape index (κ2) is 7.94. The van der Waals surface area contributed by atoms with Crippen LogP contribution in [0.5, 0.6) is 0 Å². The second-order valence-corrected chi connectivity index (χ2v) is 10.7. The number of carbonyl (C=O) groups is 1. The van der Waals surface area contributed by atoms with Crippen molar-refractivity contribution in [1.82, 2.24) is 9.78 Å². The Morgan fingerprint density at radius 3 is 2.53 bits per heavy atom. The maximum atomic E-state index is 13.2. The number of rotatable bonds is 4. The lowest BCUT2D eigenvalue weighted by Crippen LogP contribution is -2.25. The summed E-state index contributed by atoms with van der Waals surface area (Å²) >= 11 is 6.33. The zero-order chi connectivity index (χ0) is 22.5. The minimum Gasteiger partial charge on any atom is -0.319 e. The smallest absolute Gasteiger partial charge is 0.276 e. The first-order valence-corrected chi connectivity index (χ1v) is 12.6. The third-order valence-corrected chi connectivity index (χ3v) is 8.21. The first kappa shape index (κ1) is 21.0. The van der Waals surface area contributed by atoms with Crippen LogP contribution >= 0.6 is 11.6 Å². The molecule has 0 saturated carbocycles. The zero-order valence-electron chi connectivity index (χ0n) is 17.6. The molecule has 166 valence electrons. The highest BCUT2D eigenvalue weighted by Gasteiger charge is 2.30. The summed E-state index contributed by atoms with van der Waals surface area (Å²) in [5.41, 5.74) is 5.34. The molecule has 0 spiro atoms. The molecule has 1 aliphatic carbocycles. The Labute approximate surface area is 192 Å². The van der Waals surface area contributed by atoms with Crippen molar-refractivity contribution in [1.29, 1.82) is 0 Å². The van der Waals surface area contributed by atoms with Crippen LogP contribution in [0.3, 0.4) is 0 Å². The van der Waals surface area contributed by atoms with Gasteiger partial charge in [-0.05, 0) is 62.9 Å². The van der Waals surface area contributed by atoms with Crippen molar-refractivity contribution in [2.45, 2.75) is 32.6 Å². The monoisotopic (exact) mass is 470 g/mol. The van der Waals surface area contributed by atoms with E-state index in [-0.39, 0.29) is 11.7 Å². The van der Waals surface area contributed by atoms with E-state index < -0.39 is 10.0 Å². The number of nitrogens with one attached hydrogen (secondary N) is 1. The molecule has 5 rings (SSSR count). The topological polar surface area (TPSA) is 84.3 Å². The number of benzene rings is 2. The van der Waals surface area contributed by atoms with Crippen LogP contribution in [-0.2, 0) is 22.9 Å². The van der Waals surface area contributed by atoms with Crippen molar-refractivity contribution in [2.24, 2.45) is 0 Å². The highest BCUT2D eigenvalue weighted by Crippen LogP contribution is 2.33. The quantitative estimate of drug-likeness (QED) is 0.621. The second-order valence-electron chi connectivity index (χ2n) is 8.23. The molecule has 0 radical (unpaired) electrons. The summed E-state index contributed by atoms with van der Waals surface area (Å²) in [6.07, 6.45) is 3.22. The molecule has 32 heavy (non-hydrogen) atoms. The van der Waals surface area contributed by atoms with Gasteiger partial charge in [0.1, 0.15) is 0 Å². The van der Waals surface area contributed by atoms with Crippen LogP contribution in [0, 0.1) is 6.92 Å². The number of aromatic nitrogens is 2. The van der Waals surface area contributed by atoms with Crippen molar-refractivity contribution in [3.63, 3.8) is 0 Å². The molecule has 9 heteroatoms. The largest absolute Gasteiger partial charge is 0.319 e. The molecule has 1 amide bonds. The average Bonchev–Trinajstić information content (AvgIpc) is 3.45. The lowest BCUT2D eigenvalue weighted by molar-refractivity contribution is 0.102. The highest BCUT2D eigenvalue weighted by molar-refractivity contribution is 7.93. The van der Waals surface area contributed by atoms with Gasteiger partial charge in [0.2, 0.25) is 10.0 Å². The van der Waals surface area contributed by atoms with Crippen LogP contribution in [-0.4, -0.2) is 36.4 Å². The van der Waals surface area contributed by atoms with Gasteiger partial charge in [0, 0.05) is 17.8 Å². The number of sulfonamides is 1. The van der Waals surface area contributed by atoms with Gasteiger partial charge in [0.25, 0.3) is 5.91 Å². The summed E-state index contributed by atoms with van der Waals surface area (Å²) in [6.45, 7) is 2.45. The molecule has 2 heterocycles. The number of hydrogen-bond acceptors (Lipinski definition) is 4. The summed E-state index contributed by atoms with van der Waals surface area (Å²) in [5, 5.41) is 7.83. The highest BCUT2D eigenvalue weighted by atomic mass is 35.5. The first-order chi connectivity index (χ1) is 15.3. The first-order valence-electron chi connectivity index (χ1n) is 10.6. The van der Waals surface area contributed by atoms with E-state index >= 15 is 0 Å². The number of amides is 1. The molecule has 1 aromatic heterocycles. The van der Waals surface area contributed by atoms with Crippen LogP contribution in [0.4, 0.5) is 11.4 Å². The van der Waals surface area contributed by atoms with Crippen LogP contribution in [0.25, 0.3) is 5.69 Å². The van der Waals surface area contributed by atoms with E-state index in [4.69, 9.17) is 11.6 Å². The minimum atomic E-state index is -3.33. The number of anilines is 2. The maximum absolute atomic E-state index is 13.2. The number of aryl methyl sites for hydroxylation is 1. The van der Waals surface area contributed by atoms with Gasteiger partial charge in [0.15, 0.2) is 5.69 Å². The SMILES string of the molecule is Cc1ccc(-n2nc(C(=O)Nc3cc(N4CCCS4(=O)=O)ccc3Cl)c3c2CCC3)cc1. The molecule has 1 N–H and O–H groups in total. The van der Waals surface area contributed by atoms with E-state index in [9.17, 15) is 13.2 Å². The molecule has 2 aromatic carbocycles. The molecular formula is C23H23ClN4O3S. The summed E-state index contributed by atoms with van der Waals surface area (Å²) < 4.78 is 27.8. The Morgan fingerprint density at radius 2 is 1.81 bits per heavy atom. The average molecular weight is 471 g/mol. The van der Waals surface area contributed by atoms with E-state index in [0.29, 0.717) is 35.1 Å². The van der Waals surface area contributed by atoms with Crippen molar-refractivity contribution >= 4 is 38.9 Å². The fraction of sp³-hybridized carbons (Fsp3) is 0.304. The van der Waals surface area contributed by atoms with Gasteiger partial charge in [-0.3, -0.25) is 9.10 Å². The van der Waals surface area contributed by atoms with E-state index in [1.54, 1.807) is 18.2 Å². The lowest BCUT2D eigenvalue weighted by atomic mass is 10.2. The van der Waals surface area contributed by atoms with Crippen LogP contribution < -0.4 is 9.62 Å². The number of hydrogen-bond donors (Lipinski definition) is 1. The number of fused-ring (bicyclic) bond motifs is 1. The molecule has 1 saturated heterocycles. The fourth-order valence-electron chi connectivity index (χ4n) is 4.39. The molecule has 0 bridgehead atoms. The number of halogens is 1. The predicted molar refractivity (Wildman–Crippen MR) is 125 cm³/mol. The van der Waals surface area contributed by atoms with Crippen molar-refractivity contribution < 1.29 is 13.2 Å². The Morgan fingerprint density at radius 1 is 1.06 bits per heavy atom.